The molecular formula is C26H36Cl2N4O4. The molecule has 1 fully saturated rings. The Morgan fingerprint density at radius 3 is 2.67 bits per heavy atom. The van der Waals surface area contributed by atoms with E-state index < -0.39 is 11.1 Å². The molecule has 1 aromatic carbocycles. The Labute approximate surface area is 223 Å². The Morgan fingerprint density at radius 1 is 1.31 bits per heavy atom. The molecule has 0 radical (unpaired) electrons. The highest BCUT2D eigenvalue weighted by molar-refractivity contribution is 6.42. The summed E-state index contributed by atoms with van der Waals surface area (Å²) >= 11 is 12.8. The van der Waals surface area contributed by atoms with E-state index in [0.29, 0.717) is 60.6 Å². The van der Waals surface area contributed by atoms with Crippen molar-refractivity contribution in [1.29, 1.82) is 0 Å². The Kier molecular flexibility index (Phi) is 8.83. The monoisotopic (exact) mass is 538 g/mol. The van der Waals surface area contributed by atoms with Gasteiger partial charge in [-0.3, -0.25) is 20.6 Å². The van der Waals surface area contributed by atoms with Crippen LogP contribution >= 0.6 is 23.2 Å². The van der Waals surface area contributed by atoms with Crippen LogP contribution in [-0.4, -0.2) is 53.6 Å². The molecule has 1 saturated heterocycles. The van der Waals surface area contributed by atoms with Gasteiger partial charge >= 0.3 is 6.09 Å². The lowest BCUT2D eigenvalue weighted by Crippen LogP contribution is -2.56. The van der Waals surface area contributed by atoms with Gasteiger partial charge in [0.05, 0.1) is 10.0 Å². The zero-order valence-corrected chi connectivity index (χ0v) is 23.1. The fourth-order valence-corrected chi connectivity index (χ4v) is 5.06. The van der Waals surface area contributed by atoms with Gasteiger partial charge in [-0.1, -0.05) is 35.9 Å². The minimum atomic E-state index is -0.570. The van der Waals surface area contributed by atoms with Gasteiger partial charge in [0.2, 0.25) is 5.91 Å². The van der Waals surface area contributed by atoms with Crippen molar-refractivity contribution >= 4 is 41.0 Å². The Morgan fingerprint density at radius 2 is 2.03 bits per heavy atom. The minimum Gasteiger partial charge on any atom is -0.489 e. The molecule has 1 aromatic rings. The molecule has 0 aromatic heterocycles. The maximum atomic E-state index is 12.9. The number of hydrogen-bond donors (Lipinski definition) is 2. The van der Waals surface area contributed by atoms with Crippen molar-refractivity contribution in [3.05, 3.63) is 40.4 Å². The number of piperidine rings is 1. The van der Waals surface area contributed by atoms with E-state index in [1.807, 2.05) is 34.6 Å². The van der Waals surface area contributed by atoms with Crippen LogP contribution in [0.5, 0.6) is 5.75 Å². The third-order valence-corrected chi connectivity index (χ3v) is 7.11. The van der Waals surface area contributed by atoms with E-state index in [2.05, 4.69) is 22.4 Å². The number of halogens is 2. The highest BCUT2D eigenvalue weighted by Crippen LogP contribution is 2.41. The molecule has 2 aliphatic heterocycles. The molecule has 0 saturated carbocycles. The molecule has 2 aliphatic rings. The maximum Gasteiger partial charge on any atom is 0.410 e. The van der Waals surface area contributed by atoms with Gasteiger partial charge in [-0.25, -0.2) is 4.79 Å². The largest absolute Gasteiger partial charge is 0.489 e. The van der Waals surface area contributed by atoms with Gasteiger partial charge in [0.25, 0.3) is 0 Å². The summed E-state index contributed by atoms with van der Waals surface area (Å²) in [7, 11) is 0. The molecule has 2 amide bonds. The van der Waals surface area contributed by atoms with E-state index in [-0.39, 0.29) is 23.8 Å². The van der Waals surface area contributed by atoms with Crippen LogP contribution in [0.15, 0.2) is 29.8 Å². The molecule has 0 aliphatic carbocycles. The van der Waals surface area contributed by atoms with Crippen molar-refractivity contribution in [3.8, 4) is 5.75 Å². The van der Waals surface area contributed by atoms with Crippen LogP contribution in [0.1, 0.15) is 65.4 Å². The fourth-order valence-electron chi connectivity index (χ4n) is 4.59. The number of amides is 2. The molecule has 10 heteroatoms. The number of aliphatic imine (C=N–C) groups is 1. The molecule has 8 nitrogen and oxygen atoms in total. The lowest BCUT2D eigenvalue weighted by atomic mass is 9.82. The number of benzene rings is 1. The molecular weight excluding hydrogens is 503 g/mol. The van der Waals surface area contributed by atoms with Gasteiger partial charge < -0.3 is 14.4 Å². The summed E-state index contributed by atoms with van der Waals surface area (Å²) in [6.45, 7) is 14.4. The number of ether oxygens (including phenoxy) is 2. The fraction of sp³-hybridized carbons (Fsp3) is 0.577. The average molecular weight is 540 g/mol. The number of carbonyl (C=O) groups excluding carboxylic acids is 2. The van der Waals surface area contributed by atoms with Crippen molar-refractivity contribution in [3.63, 3.8) is 0 Å². The molecule has 198 valence electrons. The molecule has 2 atom stereocenters. The molecule has 36 heavy (non-hydrogen) atoms. The van der Waals surface area contributed by atoms with Crippen LogP contribution < -0.4 is 15.6 Å². The van der Waals surface area contributed by atoms with Crippen molar-refractivity contribution < 1.29 is 19.1 Å². The molecule has 2 heterocycles. The lowest BCUT2D eigenvalue weighted by molar-refractivity contribution is -0.129. The number of amidine groups is 1. The summed E-state index contributed by atoms with van der Waals surface area (Å²) in [6, 6.07) is 3.50. The van der Waals surface area contributed by atoms with E-state index in [1.165, 1.54) is 0 Å². The Hall–Kier alpha value is -2.45. The summed E-state index contributed by atoms with van der Waals surface area (Å²) in [5.74, 6) is 0.892. The van der Waals surface area contributed by atoms with E-state index in [9.17, 15) is 9.59 Å². The van der Waals surface area contributed by atoms with Crippen LogP contribution in [0.2, 0.25) is 10.0 Å². The molecule has 2 unspecified atom stereocenters. The summed E-state index contributed by atoms with van der Waals surface area (Å²) in [4.78, 5) is 31.8. The number of hydrogen-bond acceptors (Lipinski definition) is 6. The van der Waals surface area contributed by atoms with Crippen LogP contribution in [-0.2, 0) is 9.53 Å². The number of likely N-dealkylation sites (tertiary alicyclic amines) is 1. The third kappa shape index (κ3) is 6.85. The van der Waals surface area contributed by atoms with E-state index in [4.69, 9.17) is 32.7 Å². The summed E-state index contributed by atoms with van der Waals surface area (Å²) in [6.07, 6.45) is 2.93. The zero-order valence-electron chi connectivity index (χ0n) is 21.6. The molecule has 2 N–H and O–H groups in total. The van der Waals surface area contributed by atoms with Crippen LogP contribution in [0.4, 0.5) is 4.79 Å². The quantitative estimate of drug-likeness (QED) is 0.382. The number of hydrazine groups is 1. The average Bonchev–Trinajstić information content (AvgIpc) is 3.24. The first-order chi connectivity index (χ1) is 16.8. The predicted molar refractivity (Wildman–Crippen MR) is 143 cm³/mol. The second-order valence-electron chi connectivity index (χ2n) is 10.8. The predicted octanol–water partition coefficient (Wildman–Crippen LogP) is 5.49. The lowest BCUT2D eigenvalue weighted by Gasteiger charge is -2.45. The molecule has 0 spiro atoms. The summed E-state index contributed by atoms with van der Waals surface area (Å²) in [5.41, 5.74) is 5.50. The number of nitrogens with one attached hydrogen (secondary N) is 2. The van der Waals surface area contributed by atoms with E-state index >= 15 is 0 Å². The van der Waals surface area contributed by atoms with Gasteiger partial charge in [-0.2, -0.15) is 0 Å². The first kappa shape index (κ1) is 28.1. The Balaban J connectivity index is 1.56. The van der Waals surface area contributed by atoms with Gasteiger partial charge in [0, 0.05) is 42.4 Å². The maximum absolute atomic E-state index is 12.9. The van der Waals surface area contributed by atoms with Crippen LogP contribution in [0, 0.1) is 5.92 Å². The van der Waals surface area contributed by atoms with Gasteiger partial charge in [-0.05, 0) is 59.6 Å². The number of carbonyl (C=O) groups is 2. The summed E-state index contributed by atoms with van der Waals surface area (Å²) in [5, 5.41) is 0.898. The van der Waals surface area contributed by atoms with Crippen molar-refractivity contribution in [2.24, 2.45) is 10.9 Å². The highest BCUT2D eigenvalue weighted by atomic mass is 35.5. The normalized spacial score (nSPS) is 21.4. The van der Waals surface area contributed by atoms with E-state index in [1.54, 1.807) is 23.1 Å². The van der Waals surface area contributed by atoms with Crippen molar-refractivity contribution in [2.45, 2.75) is 70.9 Å². The SMILES string of the molecule is C=CCOc1ccc(Cl)c(Cl)c1C1CN=C(NNC(=O)C2CCN(C(=O)OC(C)(C)C)C(C)(C)C2)C1. The third-order valence-electron chi connectivity index (χ3n) is 6.29. The van der Waals surface area contributed by atoms with Crippen molar-refractivity contribution in [2.75, 3.05) is 19.7 Å². The standard InChI is InChI=1S/C26H36Cl2N4O4/c1-7-12-35-19-9-8-18(27)22(28)21(19)17-13-20(29-15-17)30-31-23(33)16-10-11-32(26(5,6)14-16)24(34)36-25(2,3)4/h7-9,16-17H,1,10-15H2,2-6H3,(H,29,30)(H,31,33). The summed E-state index contributed by atoms with van der Waals surface area (Å²) < 4.78 is 11.3. The van der Waals surface area contributed by atoms with Gasteiger partial charge in [0.15, 0.2) is 0 Å². The highest BCUT2D eigenvalue weighted by Gasteiger charge is 2.42. The first-order valence-corrected chi connectivity index (χ1v) is 12.9. The molecule has 0 bridgehead atoms. The Bertz CT molecular complexity index is 1040. The van der Waals surface area contributed by atoms with Gasteiger partial charge in [-0.15, -0.1) is 0 Å². The molecule has 3 rings (SSSR count). The number of rotatable bonds is 5. The second-order valence-corrected chi connectivity index (χ2v) is 11.6. The first-order valence-electron chi connectivity index (χ1n) is 12.1. The second kappa shape index (κ2) is 11.3. The van der Waals surface area contributed by atoms with Gasteiger partial charge in [0.1, 0.15) is 23.8 Å². The minimum absolute atomic E-state index is 0.0357. The van der Waals surface area contributed by atoms with Crippen molar-refractivity contribution in [1.82, 2.24) is 15.8 Å². The number of nitrogens with zero attached hydrogens (tertiary/aromatic N) is 2. The smallest absolute Gasteiger partial charge is 0.410 e. The zero-order chi connectivity index (χ0) is 26.7. The van der Waals surface area contributed by atoms with Crippen LogP contribution in [0.25, 0.3) is 0 Å². The van der Waals surface area contributed by atoms with Crippen LogP contribution in [0.3, 0.4) is 0 Å². The topological polar surface area (TPSA) is 92.3 Å². The van der Waals surface area contributed by atoms with E-state index in [0.717, 1.165) is 5.56 Å².